The van der Waals surface area contributed by atoms with Gasteiger partial charge in [0.05, 0.1) is 10.6 Å². The van der Waals surface area contributed by atoms with Crippen molar-refractivity contribution in [3.05, 3.63) is 57.5 Å². The molecule has 0 bridgehead atoms. The van der Waals surface area contributed by atoms with Crippen LogP contribution < -0.4 is 5.32 Å². The van der Waals surface area contributed by atoms with Crippen LogP contribution in [0.1, 0.15) is 28.8 Å². The predicted octanol–water partition coefficient (Wildman–Crippen LogP) is 3.85. The van der Waals surface area contributed by atoms with Gasteiger partial charge in [-0.15, -0.1) is 0 Å². The van der Waals surface area contributed by atoms with E-state index in [1.807, 2.05) is 6.07 Å². The van der Waals surface area contributed by atoms with E-state index in [-0.39, 0.29) is 5.02 Å². The van der Waals surface area contributed by atoms with E-state index in [2.05, 4.69) is 16.4 Å². The third kappa shape index (κ3) is 2.84. The quantitative estimate of drug-likeness (QED) is 0.937. The Morgan fingerprint density at radius 1 is 1.33 bits per heavy atom. The Morgan fingerprint density at radius 2 is 2.19 bits per heavy atom. The second kappa shape index (κ2) is 5.71. The molecule has 1 heterocycles. The summed E-state index contributed by atoms with van der Waals surface area (Å²) < 4.78 is 13.1. The molecular formula is C16H13ClFN3. The minimum atomic E-state index is -0.436. The molecule has 1 aromatic carbocycles. The van der Waals surface area contributed by atoms with Crippen LogP contribution in [0.2, 0.25) is 5.02 Å². The van der Waals surface area contributed by atoms with Gasteiger partial charge < -0.3 is 5.32 Å². The number of nitrogens with zero attached hydrogens (tertiary/aromatic N) is 2. The highest BCUT2D eigenvalue weighted by molar-refractivity contribution is 6.30. The zero-order valence-corrected chi connectivity index (χ0v) is 12.0. The molecule has 0 saturated heterocycles. The molecule has 1 aliphatic carbocycles. The number of aromatic nitrogens is 1. The van der Waals surface area contributed by atoms with Crippen LogP contribution in [-0.4, -0.2) is 4.98 Å². The summed E-state index contributed by atoms with van der Waals surface area (Å²) in [6, 6.07) is 8.65. The molecule has 0 amide bonds. The maximum absolute atomic E-state index is 13.1. The molecule has 0 radical (unpaired) electrons. The van der Waals surface area contributed by atoms with E-state index < -0.39 is 5.82 Å². The number of anilines is 1. The second-order valence-corrected chi connectivity index (χ2v) is 5.46. The van der Waals surface area contributed by atoms with Crippen molar-refractivity contribution < 1.29 is 4.39 Å². The van der Waals surface area contributed by atoms with Crippen LogP contribution >= 0.6 is 11.6 Å². The summed E-state index contributed by atoms with van der Waals surface area (Å²) >= 11 is 5.76. The van der Waals surface area contributed by atoms with Gasteiger partial charge in [0.2, 0.25) is 0 Å². The van der Waals surface area contributed by atoms with E-state index in [1.54, 1.807) is 12.1 Å². The minimum absolute atomic E-state index is 0.0942. The number of hydrogen-bond donors (Lipinski definition) is 1. The van der Waals surface area contributed by atoms with Crippen LogP contribution in [0.25, 0.3) is 0 Å². The number of nitriles is 1. The fourth-order valence-electron chi connectivity index (χ4n) is 2.53. The fourth-order valence-corrected chi connectivity index (χ4v) is 2.73. The molecule has 106 valence electrons. The van der Waals surface area contributed by atoms with Crippen molar-refractivity contribution in [2.24, 2.45) is 0 Å². The van der Waals surface area contributed by atoms with Crippen LogP contribution in [0.5, 0.6) is 0 Å². The Hall–Kier alpha value is -2.12. The maximum atomic E-state index is 13.1. The fraction of sp³-hybridized carbons (Fsp3) is 0.250. The average molecular weight is 302 g/mol. The summed E-state index contributed by atoms with van der Waals surface area (Å²) in [4.78, 5) is 4.54. The van der Waals surface area contributed by atoms with Gasteiger partial charge in [-0.3, -0.25) is 0 Å². The van der Waals surface area contributed by atoms with Crippen LogP contribution in [0.15, 0.2) is 24.3 Å². The zero-order valence-electron chi connectivity index (χ0n) is 11.3. The highest BCUT2D eigenvalue weighted by atomic mass is 35.5. The van der Waals surface area contributed by atoms with E-state index >= 15 is 0 Å². The van der Waals surface area contributed by atoms with Gasteiger partial charge in [0, 0.05) is 12.2 Å². The second-order valence-electron chi connectivity index (χ2n) is 5.06. The van der Waals surface area contributed by atoms with Crippen LogP contribution in [0.3, 0.4) is 0 Å². The molecule has 0 unspecified atom stereocenters. The monoisotopic (exact) mass is 301 g/mol. The standard InChI is InChI=1S/C16H13ClFN3/c17-13-6-10(4-5-14(13)18)9-20-16-12(8-19)7-11-2-1-3-15(11)21-16/h4-7H,1-3,9H2,(H,20,21). The molecule has 1 aromatic heterocycles. The molecule has 1 aliphatic rings. The number of nitrogens with one attached hydrogen (secondary N) is 1. The molecule has 0 aliphatic heterocycles. The van der Waals surface area contributed by atoms with Crippen molar-refractivity contribution >= 4 is 17.4 Å². The molecule has 3 nitrogen and oxygen atoms in total. The lowest BCUT2D eigenvalue weighted by Crippen LogP contribution is -2.05. The Kier molecular flexibility index (Phi) is 3.76. The highest BCUT2D eigenvalue weighted by Crippen LogP contribution is 2.25. The molecule has 2 aromatic rings. The van der Waals surface area contributed by atoms with E-state index in [9.17, 15) is 9.65 Å². The van der Waals surface area contributed by atoms with E-state index in [4.69, 9.17) is 11.6 Å². The first-order valence-corrected chi connectivity index (χ1v) is 7.16. The van der Waals surface area contributed by atoms with Gasteiger partial charge in [-0.05, 0) is 48.6 Å². The molecule has 5 heteroatoms. The van der Waals surface area contributed by atoms with Crippen molar-refractivity contribution in [2.75, 3.05) is 5.32 Å². The third-order valence-corrected chi connectivity index (χ3v) is 3.90. The highest BCUT2D eigenvalue weighted by Gasteiger charge is 2.16. The molecule has 0 spiro atoms. The van der Waals surface area contributed by atoms with Crippen molar-refractivity contribution in [2.45, 2.75) is 25.8 Å². The molecular weight excluding hydrogens is 289 g/mol. The van der Waals surface area contributed by atoms with Crippen molar-refractivity contribution in [3.63, 3.8) is 0 Å². The van der Waals surface area contributed by atoms with Gasteiger partial charge >= 0.3 is 0 Å². The maximum Gasteiger partial charge on any atom is 0.144 e. The zero-order chi connectivity index (χ0) is 14.8. The Balaban J connectivity index is 1.81. The molecule has 3 rings (SSSR count). The SMILES string of the molecule is N#Cc1cc2c(nc1NCc1ccc(F)c(Cl)c1)CCC2. The first-order chi connectivity index (χ1) is 10.2. The Labute approximate surface area is 127 Å². The van der Waals surface area contributed by atoms with Crippen molar-refractivity contribution in [1.82, 2.24) is 4.98 Å². The number of rotatable bonds is 3. The Morgan fingerprint density at radius 3 is 2.95 bits per heavy atom. The van der Waals surface area contributed by atoms with E-state index in [0.717, 1.165) is 30.5 Å². The first-order valence-electron chi connectivity index (χ1n) is 6.78. The summed E-state index contributed by atoms with van der Waals surface area (Å²) in [5.74, 6) is 0.146. The number of benzene rings is 1. The van der Waals surface area contributed by atoms with Crippen molar-refractivity contribution in [1.29, 1.82) is 5.26 Å². The topological polar surface area (TPSA) is 48.7 Å². The molecule has 0 fully saturated rings. The first kappa shape index (κ1) is 13.8. The van der Waals surface area contributed by atoms with Gasteiger partial charge in [0.15, 0.2) is 0 Å². The molecule has 0 atom stereocenters. The number of aryl methyl sites for hydroxylation is 2. The van der Waals surface area contributed by atoms with E-state index in [1.165, 1.54) is 11.6 Å². The van der Waals surface area contributed by atoms with Gasteiger partial charge in [-0.25, -0.2) is 9.37 Å². The predicted molar refractivity (Wildman–Crippen MR) is 79.7 cm³/mol. The molecule has 1 N–H and O–H groups in total. The lowest BCUT2D eigenvalue weighted by atomic mass is 10.1. The Bertz CT molecular complexity index is 737. The number of fused-ring (bicyclic) bond motifs is 1. The summed E-state index contributed by atoms with van der Waals surface area (Å²) in [7, 11) is 0. The average Bonchev–Trinajstić information content (AvgIpc) is 2.94. The molecule has 0 saturated carbocycles. The number of hydrogen-bond acceptors (Lipinski definition) is 3. The van der Waals surface area contributed by atoms with E-state index in [0.29, 0.717) is 17.9 Å². The largest absolute Gasteiger partial charge is 0.365 e. The summed E-state index contributed by atoms with van der Waals surface area (Å²) in [6.07, 6.45) is 3.03. The van der Waals surface area contributed by atoms with Gasteiger partial charge in [-0.2, -0.15) is 5.26 Å². The van der Waals surface area contributed by atoms with Gasteiger partial charge in [0.1, 0.15) is 17.7 Å². The van der Waals surface area contributed by atoms with Crippen LogP contribution in [0.4, 0.5) is 10.2 Å². The normalized spacial score (nSPS) is 12.8. The van der Waals surface area contributed by atoms with Gasteiger partial charge in [0.25, 0.3) is 0 Å². The lowest BCUT2D eigenvalue weighted by Gasteiger charge is -2.10. The lowest BCUT2D eigenvalue weighted by molar-refractivity contribution is 0.627. The smallest absolute Gasteiger partial charge is 0.144 e. The summed E-state index contributed by atoms with van der Waals surface area (Å²) in [5.41, 5.74) is 3.62. The molecule has 21 heavy (non-hydrogen) atoms. The van der Waals surface area contributed by atoms with Crippen LogP contribution in [0, 0.1) is 17.1 Å². The van der Waals surface area contributed by atoms with Crippen molar-refractivity contribution in [3.8, 4) is 6.07 Å². The summed E-state index contributed by atoms with van der Waals surface area (Å²) in [5, 5.41) is 12.5. The van der Waals surface area contributed by atoms with Crippen LogP contribution in [-0.2, 0) is 19.4 Å². The third-order valence-electron chi connectivity index (χ3n) is 3.62. The van der Waals surface area contributed by atoms with Gasteiger partial charge in [-0.1, -0.05) is 17.7 Å². The summed E-state index contributed by atoms with van der Waals surface area (Å²) in [6.45, 7) is 0.445. The number of halogens is 2. The minimum Gasteiger partial charge on any atom is -0.365 e. The number of pyridine rings is 1.